The predicted octanol–water partition coefficient (Wildman–Crippen LogP) is 2.81. The maximum atomic E-state index is 13.7. The Kier molecular flexibility index (Phi) is 11.5. The van der Waals surface area contributed by atoms with E-state index < -0.39 is 47.9 Å². The number of H-pyrrole nitrogens is 1. The average Bonchev–Trinajstić information content (AvgIpc) is 3.46. The first-order chi connectivity index (χ1) is 22.0. The van der Waals surface area contributed by atoms with Crippen LogP contribution in [-0.4, -0.2) is 63.1 Å². The molecule has 3 amide bonds. The van der Waals surface area contributed by atoms with E-state index in [2.05, 4.69) is 20.9 Å². The van der Waals surface area contributed by atoms with E-state index in [0.29, 0.717) is 17.5 Å². The van der Waals surface area contributed by atoms with Crippen LogP contribution in [0.2, 0.25) is 0 Å². The zero-order valence-corrected chi connectivity index (χ0v) is 25.9. The largest absolute Gasteiger partial charge is 0.508 e. The number of carboxylic acids is 1. The van der Waals surface area contributed by atoms with E-state index in [-0.39, 0.29) is 30.9 Å². The van der Waals surface area contributed by atoms with Gasteiger partial charge in [-0.15, -0.1) is 0 Å². The number of carboxylic acid groups (broad SMARTS) is 1. The number of benzene rings is 3. The van der Waals surface area contributed by atoms with Gasteiger partial charge in [0.2, 0.25) is 17.7 Å². The number of amides is 3. The summed E-state index contributed by atoms with van der Waals surface area (Å²) in [6, 6.07) is 18.5. The van der Waals surface area contributed by atoms with Crippen LogP contribution in [0.4, 0.5) is 0 Å². The van der Waals surface area contributed by atoms with Crippen LogP contribution in [-0.2, 0) is 38.4 Å². The number of aliphatic carboxylic acids is 1. The first kappa shape index (κ1) is 33.7. The molecule has 5 atom stereocenters. The lowest BCUT2D eigenvalue weighted by atomic mass is 9.96. The van der Waals surface area contributed by atoms with E-state index in [1.807, 2.05) is 68.4 Å². The summed E-state index contributed by atoms with van der Waals surface area (Å²) in [5.41, 5.74) is 9.24. The highest BCUT2D eigenvalue weighted by molar-refractivity contribution is 5.94. The minimum atomic E-state index is -1.29. The lowest BCUT2D eigenvalue weighted by Gasteiger charge is -2.28. The molecule has 0 aliphatic heterocycles. The second-order valence-corrected chi connectivity index (χ2v) is 11.6. The lowest BCUT2D eigenvalue weighted by Crippen LogP contribution is -2.59. The van der Waals surface area contributed by atoms with Crippen molar-refractivity contribution in [1.82, 2.24) is 20.9 Å². The number of phenolic OH excluding ortho intramolecular Hbond substituents is 1. The van der Waals surface area contributed by atoms with E-state index in [4.69, 9.17) is 5.73 Å². The van der Waals surface area contributed by atoms with E-state index in [9.17, 15) is 29.4 Å². The Morgan fingerprint density at radius 1 is 0.761 bits per heavy atom. The van der Waals surface area contributed by atoms with Gasteiger partial charge in [0.15, 0.2) is 0 Å². The molecule has 5 unspecified atom stereocenters. The molecular weight excluding hydrogens is 586 g/mol. The van der Waals surface area contributed by atoms with Crippen LogP contribution >= 0.6 is 0 Å². The molecule has 0 saturated carbocycles. The summed E-state index contributed by atoms with van der Waals surface area (Å²) in [4.78, 5) is 55.9. The Balaban J connectivity index is 1.52. The van der Waals surface area contributed by atoms with Crippen LogP contribution in [0.3, 0.4) is 0 Å². The highest BCUT2D eigenvalue weighted by Crippen LogP contribution is 2.20. The van der Waals surface area contributed by atoms with Gasteiger partial charge in [0.05, 0.1) is 6.04 Å². The van der Waals surface area contributed by atoms with Crippen LogP contribution in [0.5, 0.6) is 5.75 Å². The first-order valence-electron chi connectivity index (χ1n) is 15.3. The van der Waals surface area contributed by atoms with Gasteiger partial charge in [-0.2, -0.15) is 0 Å². The number of aromatic hydroxyl groups is 1. The monoisotopic (exact) mass is 627 g/mol. The molecular formula is C35H41N5O6. The van der Waals surface area contributed by atoms with E-state index in [0.717, 1.165) is 16.5 Å². The van der Waals surface area contributed by atoms with Gasteiger partial charge < -0.3 is 36.9 Å². The van der Waals surface area contributed by atoms with E-state index >= 15 is 0 Å². The molecule has 46 heavy (non-hydrogen) atoms. The number of hydrogen-bond acceptors (Lipinski definition) is 6. The van der Waals surface area contributed by atoms with Crippen LogP contribution in [0.15, 0.2) is 85.1 Å². The Morgan fingerprint density at radius 3 is 2.07 bits per heavy atom. The SMILES string of the molecule is CCC(C)C(NC(=O)C(N)Cc1ccccc1)C(=O)NC(Cc1ccc(O)cc1)C(=O)NC(Cc1c[nH]c2ccccc12)C(=O)O. The fraction of sp³-hybridized carbons (Fsp3) is 0.314. The number of fused-ring (bicyclic) bond motifs is 1. The normalized spacial score (nSPS) is 14.4. The lowest BCUT2D eigenvalue weighted by molar-refractivity contribution is -0.142. The Hall–Kier alpha value is -5.16. The molecule has 0 saturated heterocycles. The molecule has 4 aromatic rings. The van der Waals surface area contributed by atoms with E-state index in [1.165, 1.54) is 12.1 Å². The Morgan fingerprint density at radius 2 is 1.39 bits per heavy atom. The Bertz CT molecular complexity index is 1640. The smallest absolute Gasteiger partial charge is 0.326 e. The molecule has 1 aromatic heterocycles. The second-order valence-electron chi connectivity index (χ2n) is 11.6. The van der Waals surface area contributed by atoms with E-state index in [1.54, 1.807) is 18.3 Å². The molecule has 11 nitrogen and oxygen atoms in total. The Labute approximate surface area is 267 Å². The first-order valence-corrected chi connectivity index (χ1v) is 15.3. The van der Waals surface area contributed by atoms with Crippen molar-refractivity contribution in [2.24, 2.45) is 11.7 Å². The van der Waals surface area contributed by atoms with Crippen molar-refractivity contribution in [2.75, 3.05) is 0 Å². The third-order valence-corrected chi connectivity index (χ3v) is 8.15. The molecule has 3 aromatic carbocycles. The fourth-order valence-corrected chi connectivity index (χ4v) is 5.25. The summed E-state index contributed by atoms with van der Waals surface area (Å²) in [6.07, 6.45) is 2.55. The molecule has 0 radical (unpaired) electrons. The van der Waals surface area contributed by atoms with Crippen molar-refractivity contribution in [2.45, 2.75) is 63.7 Å². The zero-order valence-electron chi connectivity index (χ0n) is 25.9. The van der Waals surface area contributed by atoms with Gasteiger partial charge in [0, 0.05) is 29.9 Å². The summed E-state index contributed by atoms with van der Waals surface area (Å²) in [6.45, 7) is 3.69. The average molecular weight is 628 g/mol. The predicted molar refractivity (Wildman–Crippen MR) is 175 cm³/mol. The van der Waals surface area contributed by atoms with Crippen molar-refractivity contribution >= 4 is 34.6 Å². The maximum Gasteiger partial charge on any atom is 0.326 e. The van der Waals surface area contributed by atoms with Gasteiger partial charge >= 0.3 is 5.97 Å². The summed E-state index contributed by atoms with van der Waals surface area (Å²) in [5.74, 6) is -3.32. The number of aromatic nitrogens is 1. The number of carbonyl (C=O) groups is 4. The van der Waals surface area contributed by atoms with Gasteiger partial charge in [0.1, 0.15) is 23.9 Å². The fourth-order valence-electron chi connectivity index (χ4n) is 5.25. The van der Waals surface area contributed by atoms with Crippen LogP contribution in [0.25, 0.3) is 10.9 Å². The van der Waals surface area contributed by atoms with Gasteiger partial charge in [0.25, 0.3) is 0 Å². The molecule has 0 spiro atoms. The van der Waals surface area contributed by atoms with Gasteiger partial charge in [-0.3, -0.25) is 14.4 Å². The number of rotatable bonds is 15. The van der Waals surface area contributed by atoms with Gasteiger partial charge in [-0.1, -0.05) is 80.9 Å². The van der Waals surface area contributed by atoms with Crippen molar-refractivity contribution in [3.05, 3.63) is 102 Å². The highest BCUT2D eigenvalue weighted by Gasteiger charge is 2.33. The van der Waals surface area contributed by atoms with Gasteiger partial charge in [-0.05, 0) is 47.2 Å². The number of nitrogens with one attached hydrogen (secondary N) is 4. The molecule has 4 rings (SSSR count). The quantitative estimate of drug-likeness (QED) is 0.106. The van der Waals surface area contributed by atoms with Crippen LogP contribution in [0, 0.1) is 5.92 Å². The third kappa shape index (κ3) is 8.95. The second kappa shape index (κ2) is 15.7. The zero-order chi connectivity index (χ0) is 33.2. The summed E-state index contributed by atoms with van der Waals surface area (Å²) in [5, 5.41) is 28.7. The number of carbonyl (C=O) groups excluding carboxylic acids is 3. The standard InChI is InChI=1S/C35H41N5O6/c1-3-21(2)31(40-32(42)27(36)17-22-9-5-4-6-10-22)34(44)38-29(18-23-13-15-25(41)16-14-23)33(43)39-30(35(45)46)19-24-20-37-28-12-8-7-11-26(24)28/h4-16,20-21,27,29-31,37,41H,3,17-19,36H2,1-2H3,(H,38,44)(H,39,43)(H,40,42)(H,45,46). The third-order valence-electron chi connectivity index (χ3n) is 8.15. The number of phenols is 1. The number of aromatic amines is 1. The topological polar surface area (TPSA) is 187 Å². The molecule has 0 aliphatic carbocycles. The number of para-hydroxylation sites is 1. The van der Waals surface area contributed by atoms with Crippen LogP contribution < -0.4 is 21.7 Å². The summed E-state index contributed by atoms with van der Waals surface area (Å²) >= 11 is 0. The minimum absolute atomic E-state index is 0.00592. The van der Waals surface area contributed by atoms with Crippen molar-refractivity contribution in [1.29, 1.82) is 0 Å². The van der Waals surface area contributed by atoms with Gasteiger partial charge in [-0.25, -0.2) is 4.79 Å². The summed E-state index contributed by atoms with van der Waals surface area (Å²) in [7, 11) is 0. The van der Waals surface area contributed by atoms with Crippen molar-refractivity contribution in [3.63, 3.8) is 0 Å². The summed E-state index contributed by atoms with van der Waals surface area (Å²) < 4.78 is 0. The number of nitrogens with two attached hydrogens (primary N) is 1. The molecule has 0 bridgehead atoms. The molecule has 8 N–H and O–H groups in total. The minimum Gasteiger partial charge on any atom is -0.508 e. The van der Waals surface area contributed by atoms with Crippen LogP contribution in [0.1, 0.15) is 37.0 Å². The molecule has 1 heterocycles. The van der Waals surface area contributed by atoms with Crippen molar-refractivity contribution in [3.8, 4) is 5.75 Å². The number of hydrogen-bond donors (Lipinski definition) is 7. The molecule has 0 aliphatic rings. The molecule has 0 fully saturated rings. The maximum absolute atomic E-state index is 13.7. The molecule has 11 heteroatoms. The highest BCUT2D eigenvalue weighted by atomic mass is 16.4. The van der Waals surface area contributed by atoms with Crippen molar-refractivity contribution < 1.29 is 29.4 Å². The molecule has 242 valence electrons.